The van der Waals surface area contributed by atoms with E-state index in [0.717, 1.165) is 0 Å². The first-order valence-corrected chi connectivity index (χ1v) is 4.70. The van der Waals surface area contributed by atoms with Crippen LogP contribution in [0.3, 0.4) is 0 Å². The van der Waals surface area contributed by atoms with Gasteiger partial charge < -0.3 is 10.8 Å². The lowest BCUT2D eigenvalue weighted by molar-refractivity contribution is 0.463. The van der Waals surface area contributed by atoms with E-state index >= 15 is 0 Å². The largest absolute Gasteiger partial charge is 0.506 e. The first kappa shape index (κ1) is 14.0. The maximum Gasteiger partial charge on any atom is 0.139 e. The van der Waals surface area contributed by atoms with E-state index in [2.05, 4.69) is 22.5 Å². The molecule has 0 aliphatic heterocycles. The molecule has 1 aromatic rings. The predicted octanol–water partition coefficient (Wildman–Crippen LogP) is 2.63. The molecule has 15 heavy (non-hydrogen) atoms. The fourth-order valence-electron chi connectivity index (χ4n) is 1.11. The maximum absolute atomic E-state index is 9.69. The Bertz CT molecular complexity index is 415. The average Bonchev–Trinajstić information content (AvgIpc) is 2.18. The molecule has 0 bridgehead atoms. The summed E-state index contributed by atoms with van der Waals surface area (Å²) < 4.78 is 0.668. The van der Waals surface area contributed by atoms with Crippen molar-refractivity contribution in [2.75, 3.05) is 0 Å². The molecule has 80 valence electrons. The normalized spacial score (nSPS) is 11.0. The number of nitrogens with zero attached hydrogens (tertiary/aromatic N) is 1. The minimum Gasteiger partial charge on any atom is -0.506 e. The second-order valence-electron chi connectivity index (χ2n) is 2.73. The lowest BCUT2D eigenvalue weighted by Crippen LogP contribution is -2.08. The molecule has 5 heteroatoms. The number of nitrogens with two attached hydrogens (primary N) is 1. The van der Waals surface area contributed by atoms with Gasteiger partial charge >= 0.3 is 0 Å². The van der Waals surface area contributed by atoms with Gasteiger partial charge in [-0.15, -0.1) is 19.0 Å². The van der Waals surface area contributed by atoms with Gasteiger partial charge in [-0.05, 0) is 12.1 Å². The SMILES string of the molecule is C=C[C@H](N)c1c(Br)ccc(C#N)c1O.Cl. The summed E-state index contributed by atoms with van der Waals surface area (Å²) in [5.41, 5.74) is 6.40. The molecular weight excluding hydrogens is 279 g/mol. The molecule has 0 saturated heterocycles. The molecule has 0 aliphatic rings. The zero-order valence-corrected chi connectivity index (χ0v) is 10.2. The summed E-state index contributed by atoms with van der Waals surface area (Å²) in [6.45, 7) is 3.53. The Labute approximate surface area is 103 Å². The van der Waals surface area contributed by atoms with E-state index in [-0.39, 0.29) is 23.7 Å². The highest BCUT2D eigenvalue weighted by molar-refractivity contribution is 9.10. The number of aromatic hydroxyl groups is 1. The molecule has 0 aliphatic carbocycles. The number of hydrogen-bond donors (Lipinski definition) is 2. The number of phenolic OH excluding ortho intramolecular Hbond substituents is 1. The van der Waals surface area contributed by atoms with Crippen LogP contribution < -0.4 is 5.73 Å². The van der Waals surface area contributed by atoms with Crippen LogP contribution in [0.4, 0.5) is 0 Å². The first-order valence-electron chi connectivity index (χ1n) is 3.91. The molecule has 0 unspecified atom stereocenters. The van der Waals surface area contributed by atoms with Crippen molar-refractivity contribution in [2.24, 2.45) is 5.73 Å². The van der Waals surface area contributed by atoms with Crippen molar-refractivity contribution in [1.29, 1.82) is 5.26 Å². The van der Waals surface area contributed by atoms with E-state index in [0.29, 0.717) is 10.0 Å². The Hall–Kier alpha value is -1.02. The second kappa shape index (κ2) is 5.76. The van der Waals surface area contributed by atoms with Gasteiger partial charge in [0.15, 0.2) is 0 Å². The quantitative estimate of drug-likeness (QED) is 0.822. The molecule has 0 radical (unpaired) electrons. The number of phenols is 1. The topological polar surface area (TPSA) is 70.0 Å². The Morgan fingerprint density at radius 1 is 1.60 bits per heavy atom. The minimum absolute atomic E-state index is 0. The third-order valence-corrected chi connectivity index (χ3v) is 2.56. The summed E-state index contributed by atoms with van der Waals surface area (Å²) in [4.78, 5) is 0. The van der Waals surface area contributed by atoms with Crippen LogP contribution in [0, 0.1) is 11.3 Å². The van der Waals surface area contributed by atoms with Crippen LogP contribution in [0.25, 0.3) is 0 Å². The number of nitriles is 1. The van der Waals surface area contributed by atoms with Gasteiger partial charge in [-0.3, -0.25) is 0 Å². The van der Waals surface area contributed by atoms with Gasteiger partial charge in [-0.1, -0.05) is 22.0 Å². The van der Waals surface area contributed by atoms with E-state index in [1.807, 2.05) is 6.07 Å². The Morgan fingerprint density at radius 3 is 2.67 bits per heavy atom. The molecule has 0 amide bonds. The fraction of sp³-hybridized carbons (Fsp3) is 0.100. The summed E-state index contributed by atoms with van der Waals surface area (Å²) in [6, 6.07) is 4.60. The van der Waals surface area contributed by atoms with Gasteiger partial charge in [0.05, 0.1) is 11.6 Å². The lowest BCUT2D eigenvalue weighted by Gasteiger charge is -2.12. The molecule has 1 aromatic carbocycles. The Morgan fingerprint density at radius 2 is 2.20 bits per heavy atom. The van der Waals surface area contributed by atoms with Gasteiger partial charge in [0.25, 0.3) is 0 Å². The standard InChI is InChI=1S/C10H9BrN2O.ClH/c1-2-8(13)9-7(11)4-3-6(5-12)10(9)14;/h2-4,8,14H,1,13H2;1H/t8-;/m0./s1. The van der Waals surface area contributed by atoms with E-state index < -0.39 is 6.04 Å². The highest BCUT2D eigenvalue weighted by Gasteiger charge is 2.15. The van der Waals surface area contributed by atoms with Gasteiger partial charge in [0.2, 0.25) is 0 Å². The zero-order chi connectivity index (χ0) is 10.7. The minimum atomic E-state index is -0.488. The highest BCUT2D eigenvalue weighted by Crippen LogP contribution is 2.33. The highest BCUT2D eigenvalue weighted by atomic mass is 79.9. The number of hydrogen-bond acceptors (Lipinski definition) is 3. The van der Waals surface area contributed by atoms with Crippen LogP contribution in [0.1, 0.15) is 17.2 Å². The van der Waals surface area contributed by atoms with Crippen LogP contribution >= 0.6 is 28.3 Å². The maximum atomic E-state index is 9.69. The molecule has 3 nitrogen and oxygen atoms in total. The van der Waals surface area contributed by atoms with Crippen LogP contribution in [-0.2, 0) is 0 Å². The summed E-state index contributed by atoms with van der Waals surface area (Å²) in [7, 11) is 0. The van der Waals surface area contributed by atoms with Crippen molar-refractivity contribution < 1.29 is 5.11 Å². The summed E-state index contributed by atoms with van der Waals surface area (Å²) in [6.07, 6.45) is 1.50. The monoisotopic (exact) mass is 288 g/mol. The first-order chi connectivity index (χ1) is 6.61. The molecule has 3 N–H and O–H groups in total. The van der Waals surface area contributed by atoms with Crippen molar-refractivity contribution >= 4 is 28.3 Å². The molecule has 0 spiro atoms. The van der Waals surface area contributed by atoms with Crippen molar-refractivity contribution in [2.45, 2.75) is 6.04 Å². The predicted molar refractivity (Wildman–Crippen MR) is 64.9 cm³/mol. The molecule has 0 saturated carbocycles. The van der Waals surface area contributed by atoms with Crippen LogP contribution in [-0.4, -0.2) is 5.11 Å². The number of rotatable bonds is 2. The third kappa shape index (κ3) is 2.72. The second-order valence-corrected chi connectivity index (χ2v) is 3.58. The van der Waals surface area contributed by atoms with Crippen molar-refractivity contribution in [3.63, 3.8) is 0 Å². The van der Waals surface area contributed by atoms with E-state index in [4.69, 9.17) is 11.0 Å². The van der Waals surface area contributed by atoms with E-state index in [1.54, 1.807) is 6.07 Å². The molecule has 1 atom stereocenters. The molecular formula is C10H10BrClN2O. The summed E-state index contributed by atoms with van der Waals surface area (Å²) in [5.74, 6) is -0.0886. The average molecular weight is 290 g/mol. The smallest absolute Gasteiger partial charge is 0.139 e. The number of halogens is 2. The van der Waals surface area contributed by atoms with Gasteiger partial charge in [0, 0.05) is 10.0 Å². The van der Waals surface area contributed by atoms with E-state index in [1.165, 1.54) is 12.1 Å². The molecule has 1 rings (SSSR count). The van der Waals surface area contributed by atoms with E-state index in [9.17, 15) is 5.11 Å². The Kier molecular flexibility index (Phi) is 5.37. The van der Waals surface area contributed by atoms with Gasteiger partial charge in [-0.25, -0.2) is 0 Å². The van der Waals surface area contributed by atoms with Crippen molar-refractivity contribution in [3.8, 4) is 11.8 Å². The molecule has 0 heterocycles. The van der Waals surface area contributed by atoms with Gasteiger partial charge in [-0.2, -0.15) is 5.26 Å². The fourth-order valence-corrected chi connectivity index (χ4v) is 1.69. The number of benzene rings is 1. The molecule has 0 aromatic heterocycles. The van der Waals surface area contributed by atoms with Crippen LogP contribution in [0.5, 0.6) is 5.75 Å². The Balaban J connectivity index is 0.00000196. The van der Waals surface area contributed by atoms with Gasteiger partial charge in [0.1, 0.15) is 11.8 Å². The van der Waals surface area contributed by atoms with Crippen molar-refractivity contribution in [1.82, 2.24) is 0 Å². The summed E-state index contributed by atoms with van der Waals surface area (Å²) >= 11 is 3.25. The van der Waals surface area contributed by atoms with Crippen LogP contribution in [0.2, 0.25) is 0 Å². The van der Waals surface area contributed by atoms with Crippen LogP contribution in [0.15, 0.2) is 29.3 Å². The van der Waals surface area contributed by atoms with Crippen molar-refractivity contribution in [3.05, 3.63) is 40.4 Å². The molecule has 0 fully saturated rings. The third-order valence-electron chi connectivity index (χ3n) is 1.87. The summed E-state index contributed by atoms with van der Waals surface area (Å²) in [5, 5.41) is 18.4. The lowest BCUT2D eigenvalue weighted by atomic mass is 10.0. The zero-order valence-electron chi connectivity index (χ0n) is 7.77.